The molecule has 1 heterocycles. The van der Waals surface area contributed by atoms with Crippen molar-refractivity contribution in [2.45, 2.75) is 119 Å². The van der Waals surface area contributed by atoms with Crippen LogP contribution in [0, 0.1) is 0 Å². The van der Waals surface area contributed by atoms with Crippen LogP contribution in [0.4, 0.5) is 0 Å². The first-order chi connectivity index (χ1) is 33.5. The lowest BCUT2D eigenvalue weighted by Gasteiger charge is -2.31. The maximum Gasteiger partial charge on any atom is 0.326 e. The monoisotopic (exact) mass is 1010 g/mol. The van der Waals surface area contributed by atoms with Gasteiger partial charge >= 0.3 is 5.97 Å². The SMILES string of the molecule is NC(=O)CC[C@H](NC(=O)[C@H](CCC(N)=O)NC(=O)[C@H](CO)NC(=O)[C@@H]1CCCN1C(=O)[C@H](CCC(N)=O)NC(=O)[C@H](Cc1ccccc1)NC(=O)[C@H](CO)NC(=O)CNC(=O)[C@@H](N)CCC(N)=O)C(=O)O. The number of nitrogens with one attached hydrogen (secondary N) is 7. The zero-order valence-electron chi connectivity index (χ0n) is 38.6. The number of aliphatic carboxylic acids is 1. The number of carboxylic acid groups (broad SMARTS) is 1. The molecule has 1 aliphatic rings. The normalized spacial score (nSPS) is 15.9. The average molecular weight is 1010 g/mol. The number of amides is 12. The van der Waals surface area contributed by atoms with Crippen molar-refractivity contribution in [1.82, 2.24) is 42.1 Å². The second-order valence-corrected chi connectivity index (χ2v) is 16.4. The first kappa shape index (κ1) is 59.3. The molecule has 1 aromatic carbocycles. The van der Waals surface area contributed by atoms with Gasteiger partial charge in [-0.05, 0) is 44.1 Å². The number of likely N-dealkylation sites (tertiary alicyclic amines) is 1. The van der Waals surface area contributed by atoms with Crippen molar-refractivity contribution in [3.8, 4) is 0 Å². The summed E-state index contributed by atoms with van der Waals surface area (Å²) in [6, 6.07) is -4.27. The first-order valence-electron chi connectivity index (χ1n) is 22.2. The molecule has 0 unspecified atom stereocenters. The van der Waals surface area contributed by atoms with Gasteiger partial charge in [0.05, 0.1) is 25.8 Å². The van der Waals surface area contributed by atoms with Crippen LogP contribution in [0.1, 0.15) is 69.8 Å². The molecule has 0 aromatic heterocycles. The predicted molar refractivity (Wildman–Crippen MR) is 243 cm³/mol. The number of carboxylic acids is 1. The minimum Gasteiger partial charge on any atom is -0.480 e. The minimum atomic E-state index is -1.80. The molecule has 12 amide bonds. The van der Waals surface area contributed by atoms with Crippen LogP contribution in [-0.2, 0) is 68.7 Å². The number of hydrogen-bond acceptors (Lipinski definition) is 16. The van der Waals surface area contributed by atoms with E-state index in [1.54, 1.807) is 30.3 Å². The summed E-state index contributed by atoms with van der Waals surface area (Å²) in [5, 5.41) is 45.7. The smallest absolute Gasteiger partial charge is 0.326 e. The number of primary amides is 4. The molecule has 29 heteroatoms. The van der Waals surface area contributed by atoms with E-state index in [1.807, 2.05) is 0 Å². The Balaban J connectivity index is 2.29. The molecule has 0 saturated carbocycles. The Hall–Kier alpha value is -7.79. The summed E-state index contributed by atoms with van der Waals surface area (Å²) in [4.78, 5) is 165. The number of aliphatic hydroxyl groups excluding tert-OH is 2. The molecule has 1 aromatic rings. The van der Waals surface area contributed by atoms with Gasteiger partial charge in [0.2, 0.25) is 70.9 Å². The standard InChI is InChI=1S/C42H63N13O16/c43-22(8-12-30(44)58)35(63)48-18-34(62)49-27(19-56)38(66)53-26(17-21-5-2-1-3-6-21)37(65)51-24(10-14-32(46)60)41(69)55-16-4-7-29(55)40(68)54-28(20-57)39(67)50-23(9-13-31(45)59)36(64)52-25(42(70)71)11-15-33(47)61/h1-3,5-6,22-29,56-57H,4,7-20,43H2,(H2,44,58)(H2,45,59)(H2,46,60)(H2,47,61)(H,48,63)(H,49,62)(H,50,67)(H,51,65)(H,52,64)(H,53,66)(H,54,68)(H,70,71)/t22-,23-,24-,25-,26-,27-,28-,29-/m0/s1. The number of rotatable bonds is 32. The molecule has 2 rings (SSSR count). The molecule has 0 aliphatic carbocycles. The van der Waals surface area contributed by atoms with Gasteiger partial charge in [0.25, 0.3) is 0 Å². The molecule has 29 nitrogen and oxygen atoms in total. The summed E-state index contributed by atoms with van der Waals surface area (Å²) in [5.41, 5.74) is 26.9. The van der Waals surface area contributed by atoms with Crippen LogP contribution in [0.5, 0.6) is 0 Å². The van der Waals surface area contributed by atoms with Crippen molar-refractivity contribution < 1.29 is 77.6 Å². The fourth-order valence-electron chi connectivity index (χ4n) is 6.92. The van der Waals surface area contributed by atoms with Crippen molar-refractivity contribution in [2.24, 2.45) is 28.7 Å². The summed E-state index contributed by atoms with van der Waals surface area (Å²) in [6.45, 7) is -2.86. The summed E-state index contributed by atoms with van der Waals surface area (Å²) in [5.74, 6) is -12.9. The number of aliphatic hydroxyl groups is 2. The fraction of sp³-hybridized carbons (Fsp3) is 0.548. The largest absolute Gasteiger partial charge is 0.480 e. The molecular formula is C42H63N13O16. The van der Waals surface area contributed by atoms with Gasteiger partial charge in [0.15, 0.2) is 0 Å². The lowest BCUT2D eigenvalue weighted by atomic mass is 10.0. The molecule has 392 valence electrons. The second kappa shape index (κ2) is 30.0. The van der Waals surface area contributed by atoms with Gasteiger partial charge in [-0.25, -0.2) is 4.79 Å². The lowest BCUT2D eigenvalue weighted by Crippen LogP contribution is -2.60. The number of carbonyl (C=O) groups is 13. The Kier molecular flexibility index (Phi) is 25.0. The Morgan fingerprint density at radius 3 is 1.55 bits per heavy atom. The lowest BCUT2D eigenvalue weighted by molar-refractivity contribution is -0.143. The minimum absolute atomic E-state index is 0.00785. The Labute approximate surface area is 405 Å². The molecule has 8 atom stereocenters. The van der Waals surface area contributed by atoms with Gasteiger partial charge in [-0.1, -0.05) is 30.3 Å². The fourth-order valence-corrected chi connectivity index (χ4v) is 6.92. The van der Waals surface area contributed by atoms with Gasteiger partial charge in [0, 0.05) is 38.6 Å². The second-order valence-electron chi connectivity index (χ2n) is 16.4. The summed E-state index contributed by atoms with van der Waals surface area (Å²) in [6.07, 6.45) is -3.00. The summed E-state index contributed by atoms with van der Waals surface area (Å²) < 4.78 is 0. The molecule has 71 heavy (non-hydrogen) atoms. The number of hydrogen-bond donors (Lipinski definition) is 15. The molecule has 1 saturated heterocycles. The van der Waals surface area contributed by atoms with Gasteiger partial charge in [-0.2, -0.15) is 0 Å². The summed E-state index contributed by atoms with van der Waals surface area (Å²) >= 11 is 0. The zero-order valence-corrected chi connectivity index (χ0v) is 38.6. The average Bonchev–Trinajstić information content (AvgIpc) is 3.82. The van der Waals surface area contributed by atoms with Crippen LogP contribution >= 0.6 is 0 Å². The maximum atomic E-state index is 14.2. The number of carbonyl (C=O) groups excluding carboxylic acids is 12. The third-order valence-electron chi connectivity index (χ3n) is 10.8. The van der Waals surface area contributed by atoms with Crippen molar-refractivity contribution in [3.63, 3.8) is 0 Å². The van der Waals surface area contributed by atoms with E-state index in [9.17, 15) is 77.6 Å². The molecule has 0 bridgehead atoms. The highest BCUT2D eigenvalue weighted by atomic mass is 16.4. The van der Waals surface area contributed by atoms with Crippen molar-refractivity contribution in [1.29, 1.82) is 0 Å². The predicted octanol–water partition coefficient (Wildman–Crippen LogP) is -8.30. The van der Waals surface area contributed by atoms with Crippen LogP contribution in [0.15, 0.2) is 30.3 Å². The van der Waals surface area contributed by atoms with Gasteiger partial charge in [-0.15, -0.1) is 0 Å². The molecule has 1 fully saturated rings. The van der Waals surface area contributed by atoms with E-state index in [1.165, 1.54) is 0 Å². The highest BCUT2D eigenvalue weighted by Crippen LogP contribution is 2.20. The van der Waals surface area contributed by atoms with Crippen molar-refractivity contribution in [3.05, 3.63) is 35.9 Å². The topological polar surface area (TPSA) is 500 Å². The summed E-state index contributed by atoms with van der Waals surface area (Å²) in [7, 11) is 0. The third kappa shape index (κ3) is 21.2. The number of nitrogens with two attached hydrogens (primary N) is 5. The van der Waals surface area contributed by atoms with Crippen LogP contribution in [0.25, 0.3) is 0 Å². The molecule has 1 aliphatic heterocycles. The Bertz CT molecular complexity index is 2110. The van der Waals surface area contributed by atoms with E-state index in [0.717, 1.165) is 4.90 Å². The number of benzene rings is 1. The molecule has 0 radical (unpaired) electrons. The van der Waals surface area contributed by atoms with Gasteiger partial charge in [-0.3, -0.25) is 57.5 Å². The van der Waals surface area contributed by atoms with E-state index < -0.39 is 183 Å². The van der Waals surface area contributed by atoms with Crippen LogP contribution in [0.2, 0.25) is 0 Å². The van der Waals surface area contributed by atoms with E-state index in [2.05, 4.69) is 37.2 Å². The van der Waals surface area contributed by atoms with E-state index in [-0.39, 0.29) is 38.6 Å². The first-order valence-corrected chi connectivity index (χ1v) is 22.2. The van der Waals surface area contributed by atoms with Crippen molar-refractivity contribution in [2.75, 3.05) is 26.3 Å². The highest BCUT2D eigenvalue weighted by molar-refractivity contribution is 5.98. The Morgan fingerprint density at radius 1 is 0.563 bits per heavy atom. The van der Waals surface area contributed by atoms with Crippen LogP contribution < -0.4 is 65.9 Å². The molecule has 0 spiro atoms. The van der Waals surface area contributed by atoms with Crippen LogP contribution in [0.3, 0.4) is 0 Å². The third-order valence-corrected chi connectivity index (χ3v) is 10.8. The van der Waals surface area contributed by atoms with E-state index in [4.69, 9.17) is 28.7 Å². The molecule has 20 N–H and O–H groups in total. The Morgan fingerprint density at radius 2 is 1.01 bits per heavy atom. The van der Waals surface area contributed by atoms with Crippen LogP contribution in [-0.4, -0.2) is 172 Å². The molecular weight excluding hydrogens is 943 g/mol. The van der Waals surface area contributed by atoms with Gasteiger partial charge < -0.3 is 86.1 Å². The van der Waals surface area contributed by atoms with E-state index >= 15 is 0 Å². The van der Waals surface area contributed by atoms with Crippen molar-refractivity contribution >= 4 is 76.9 Å². The maximum absolute atomic E-state index is 14.2. The quantitative estimate of drug-likeness (QED) is 0.0319. The van der Waals surface area contributed by atoms with Gasteiger partial charge in [0.1, 0.15) is 42.3 Å². The number of nitrogens with zero attached hydrogens (tertiary/aromatic N) is 1. The highest BCUT2D eigenvalue weighted by Gasteiger charge is 2.40. The van der Waals surface area contributed by atoms with E-state index in [0.29, 0.717) is 5.56 Å². The zero-order chi connectivity index (χ0) is 53.4.